The average molecular weight is 411 g/mol. The van der Waals surface area contributed by atoms with Crippen molar-refractivity contribution >= 4 is 44.3 Å². The van der Waals surface area contributed by atoms with E-state index >= 15 is 0 Å². The van der Waals surface area contributed by atoms with E-state index in [4.69, 9.17) is 0 Å². The van der Waals surface area contributed by atoms with E-state index in [1.54, 1.807) is 0 Å². The first-order valence-electron chi connectivity index (χ1n) is 8.54. The number of rotatable bonds is 4. The molecule has 0 unspecified atom stereocenters. The van der Waals surface area contributed by atoms with Gasteiger partial charge in [0.2, 0.25) is 0 Å². The fourth-order valence-electron chi connectivity index (χ4n) is 3.13. The molecule has 3 aromatic rings. The molecule has 1 amide bonds. The van der Waals surface area contributed by atoms with Gasteiger partial charge in [-0.25, -0.2) is 0 Å². The van der Waals surface area contributed by atoms with Gasteiger partial charge in [0.1, 0.15) is 5.84 Å². The molecule has 2 N–H and O–H groups in total. The number of amidine groups is 1. The smallest absolute Gasteiger partial charge is 0.257 e. The van der Waals surface area contributed by atoms with Crippen LogP contribution in [0, 0.1) is 6.92 Å². The SMILES string of the molecule is Cc1ccc(NC(=O)c2cn(CC3=NCCN3)c3cc(Br)ccc23)cc1. The summed E-state index contributed by atoms with van der Waals surface area (Å²) in [6.07, 6.45) is 1.91. The highest BCUT2D eigenvalue weighted by Crippen LogP contribution is 2.26. The van der Waals surface area contributed by atoms with Crippen LogP contribution in [0.15, 0.2) is 58.1 Å². The Morgan fingerprint density at radius 2 is 2.08 bits per heavy atom. The van der Waals surface area contributed by atoms with Crippen LogP contribution in [0.1, 0.15) is 15.9 Å². The number of aryl methyl sites for hydroxylation is 1. The third kappa shape index (κ3) is 3.37. The number of hydrogen-bond acceptors (Lipinski definition) is 3. The molecule has 0 fully saturated rings. The Hall–Kier alpha value is -2.60. The first-order valence-corrected chi connectivity index (χ1v) is 9.33. The van der Waals surface area contributed by atoms with Crippen LogP contribution in [0.2, 0.25) is 0 Å². The fraction of sp³-hybridized carbons (Fsp3) is 0.200. The number of aromatic nitrogens is 1. The zero-order valence-electron chi connectivity index (χ0n) is 14.4. The Morgan fingerprint density at radius 1 is 1.27 bits per heavy atom. The number of nitrogens with one attached hydrogen (secondary N) is 2. The first-order chi connectivity index (χ1) is 12.6. The lowest BCUT2D eigenvalue weighted by Gasteiger charge is -2.06. The van der Waals surface area contributed by atoms with Crippen LogP contribution in [-0.4, -0.2) is 29.4 Å². The number of benzene rings is 2. The molecule has 1 aliphatic heterocycles. The topological polar surface area (TPSA) is 58.4 Å². The van der Waals surface area contributed by atoms with Crippen LogP contribution < -0.4 is 10.6 Å². The molecule has 1 aromatic heterocycles. The van der Waals surface area contributed by atoms with E-state index in [0.717, 1.165) is 45.6 Å². The van der Waals surface area contributed by atoms with Crippen LogP contribution in [0.25, 0.3) is 10.9 Å². The third-order valence-electron chi connectivity index (χ3n) is 4.46. The molecule has 6 heteroatoms. The summed E-state index contributed by atoms with van der Waals surface area (Å²) in [4.78, 5) is 17.3. The van der Waals surface area contributed by atoms with E-state index in [9.17, 15) is 4.79 Å². The van der Waals surface area contributed by atoms with Crippen molar-refractivity contribution in [2.24, 2.45) is 4.99 Å². The van der Waals surface area contributed by atoms with Crippen molar-refractivity contribution in [1.29, 1.82) is 0 Å². The van der Waals surface area contributed by atoms with Gasteiger partial charge in [0.15, 0.2) is 0 Å². The molecule has 0 radical (unpaired) electrons. The lowest BCUT2D eigenvalue weighted by molar-refractivity contribution is 0.102. The predicted molar refractivity (Wildman–Crippen MR) is 109 cm³/mol. The van der Waals surface area contributed by atoms with Crippen molar-refractivity contribution in [3.63, 3.8) is 0 Å². The van der Waals surface area contributed by atoms with Crippen LogP contribution in [-0.2, 0) is 6.54 Å². The lowest BCUT2D eigenvalue weighted by Crippen LogP contribution is -2.23. The Labute approximate surface area is 160 Å². The van der Waals surface area contributed by atoms with Gasteiger partial charge in [0.25, 0.3) is 5.91 Å². The molecule has 0 spiro atoms. The number of anilines is 1. The number of fused-ring (bicyclic) bond motifs is 1. The van der Waals surface area contributed by atoms with Gasteiger partial charge in [-0.05, 0) is 31.2 Å². The van der Waals surface area contributed by atoms with Gasteiger partial charge >= 0.3 is 0 Å². The molecule has 0 bridgehead atoms. The Balaban J connectivity index is 1.69. The Morgan fingerprint density at radius 3 is 2.81 bits per heavy atom. The van der Waals surface area contributed by atoms with Gasteiger partial charge in [0, 0.05) is 28.3 Å². The van der Waals surface area contributed by atoms with Gasteiger partial charge in [0.05, 0.1) is 24.2 Å². The van der Waals surface area contributed by atoms with Crippen molar-refractivity contribution in [3.8, 4) is 0 Å². The molecule has 5 nitrogen and oxygen atoms in total. The number of nitrogens with zero attached hydrogens (tertiary/aromatic N) is 2. The normalized spacial score (nSPS) is 13.5. The summed E-state index contributed by atoms with van der Waals surface area (Å²) in [6, 6.07) is 13.8. The molecule has 2 aromatic carbocycles. The second-order valence-corrected chi connectivity index (χ2v) is 7.32. The summed E-state index contributed by atoms with van der Waals surface area (Å²) in [6.45, 7) is 4.33. The molecular weight excluding hydrogens is 392 g/mol. The molecule has 0 saturated carbocycles. The maximum atomic E-state index is 12.9. The van der Waals surface area contributed by atoms with Gasteiger partial charge in [-0.1, -0.05) is 39.7 Å². The highest BCUT2D eigenvalue weighted by molar-refractivity contribution is 9.10. The van der Waals surface area contributed by atoms with Crippen LogP contribution >= 0.6 is 15.9 Å². The first kappa shape index (κ1) is 16.8. The number of amides is 1. The van der Waals surface area contributed by atoms with E-state index in [-0.39, 0.29) is 5.91 Å². The molecule has 2 heterocycles. The summed E-state index contributed by atoms with van der Waals surface area (Å²) in [7, 11) is 0. The zero-order chi connectivity index (χ0) is 18.1. The average Bonchev–Trinajstić information content (AvgIpc) is 3.25. The van der Waals surface area contributed by atoms with Crippen LogP contribution in [0.4, 0.5) is 5.69 Å². The molecule has 1 aliphatic rings. The van der Waals surface area contributed by atoms with E-state index in [1.165, 1.54) is 0 Å². The highest BCUT2D eigenvalue weighted by Gasteiger charge is 2.17. The highest BCUT2D eigenvalue weighted by atomic mass is 79.9. The molecule has 0 aliphatic carbocycles. The minimum atomic E-state index is -0.110. The van der Waals surface area contributed by atoms with Gasteiger partial charge in [-0.15, -0.1) is 0 Å². The Kier molecular flexibility index (Phi) is 4.51. The second kappa shape index (κ2) is 6.96. The maximum absolute atomic E-state index is 12.9. The van der Waals surface area contributed by atoms with Crippen molar-refractivity contribution in [3.05, 3.63) is 64.3 Å². The summed E-state index contributed by atoms with van der Waals surface area (Å²) >= 11 is 3.53. The number of halogens is 1. The van der Waals surface area contributed by atoms with E-state index in [1.807, 2.05) is 55.6 Å². The maximum Gasteiger partial charge on any atom is 0.257 e. The summed E-state index contributed by atoms with van der Waals surface area (Å²) in [5.41, 5.74) is 3.62. The number of hydrogen-bond donors (Lipinski definition) is 2. The van der Waals surface area contributed by atoms with Gasteiger partial charge < -0.3 is 15.2 Å². The fourth-order valence-corrected chi connectivity index (χ4v) is 3.48. The lowest BCUT2D eigenvalue weighted by atomic mass is 10.1. The molecule has 4 rings (SSSR count). The minimum Gasteiger partial charge on any atom is -0.370 e. The van der Waals surface area contributed by atoms with Crippen molar-refractivity contribution in [2.45, 2.75) is 13.5 Å². The number of carbonyl (C=O) groups is 1. The molecular formula is C20H19BrN4O. The molecule has 0 saturated heterocycles. The monoisotopic (exact) mass is 410 g/mol. The van der Waals surface area contributed by atoms with E-state index < -0.39 is 0 Å². The van der Waals surface area contributed by atoms with Crippen LogP contribution in [0.5, 0.6) is 0 Å². The Bertz CT molecular complexity index is 1000. The minimum absolute atomic E-state index is 0.110. The van der Waals surface area contributed by atoms with Gasteiger partial charge in [-0.3, -0.25) is 9.79 Å². The second-order valence-electron chi connectivity index (χ2n) is 6.41. The van der Waals surface area contributed by atoms with Gasteiger partial charge in [-0.2, -0.15) is 0 Å². The molecule has 26 heavy (non-hydrogen) atoms. The largest absolute Gasteiger partial charge is 0.370 e. The molecule has 132 valence electrons. The predicted octanol–water partition coefficient (Wildman–Crippen LogP) is 3.97. The quantitative estimate of drug-likeness (QED) is 0.683. The van der Waals surface area contributed by atoms with Crippen molar-refractivity contribution < 1.29 is 4.79 Å². The molecule has 0 atom stereocenters. The van der Waals surface area contributed by atoms with Crippen LogP contribution in [0.3, 0.4) is 0 Å². The standard InChI is InChI=1S/C20H19BrN4O/c1-13-2-5-15(6-3-13)24-20(26)17-11-25(12-19-22-8-9-23-19)18-10-14(21)4-7-16(17)18/h2-7,10-11H,8-9,12H2,1H3,(H,22,23)(H,24,26). The van der Waals surface area contributed by atoms with Crippen molar-refractivity contribution in [2.75, 3.05) is 18.4 Å². The van der Waals surface area contributed by atoms with E-state index in [2.05, 4.69) is 36.1 Å². The third-order valence-corrected chi connectivity index (χ3v) is 4.96. The number of aliphatic imine (C=N–C) groups is 1. The summed E-state index contributed by atoms with van der Waals surface area (Å²) in [5.74, 6) is 0.841. The van der Waals surface area contributed by atoms with E-state index in [0.29, 0.717) is 12.1 Å². The summed E-state index contributed by atoms with van der Waals surface area (Å²) in [5, 5.41) is 7.20. The zero-order valence-corrected chi connectivity index (χ0v) is 16.0. The summed E-state index contributed by atoms with van der Waals surface area (Å²) < 4.78 is 3.05. The number of carbonyl (C=O) groups excluding carboxylic acids is 1. The van der Waals surface area contributed by atoms with Crippen molar-refractivity contribution in [1.82, 2.24) is 9.88 Å².